The first kappa shape index (κ1) is 24.8. The molecule has 172 valence electrons. The van der Waals surface area contributed by atoms with E-state index in [1.165, 1.54) is 19.3 Å². The van der Waals surface area contributed by atoms with E-state index in [1.54, 1.807) is 6.92 Å². The number of hydrogen-bond acceptors (Lipinski definition) is 6. The van der Waals surface area contributed by atoms with Crippen molar-refractivity contribution in [2.45, 2.75) is 82.8 Å². The Morgan fingerprint density at radius 2 is 1.87 bits per heavy atom. The van der Waals surface area contributed by atoms with Crippen LogP contribution in [0.4, 0.5) is 0 Å². The number of carbonyl (C=O) groups excluding carboxylic acids is 2. The standard InChI is InChI=1S/C23H35N3O5/c1-3-4-5-6-7-11-14-24-22(27)20-15-19(18-12-9-8-10-13-18)21(26(29)30)16-31-23(28)17(2)25-20/h8-10,12-13,17,19-21,25H,3-7,11,14-16H2,1-2H3,(H,24,27)/t17-,19-,20?,21+/m0/s1. The monoisotopic (exact) mass is 433 g/mol. The molecule has 1 aromatic rings. The van der Waals surface area contributed by atoms with Crippen molar-refractivity contribution in [1.82, 2.24) is 10.6 Å². The molecule has 31 heavy (non-hydrogen) atoms. The minimum atomic E-state index is -1.12. The van der Waals surface area contributed by atoms with Gasteiger partial charge in [-0.1, -0.05) is 69.4 Å². The summed E-state index contributed by atoms with van der Waals surface area (Å²) >= 11 is 0. The normalized spacial score (nSPS) is 24.4. The molecule has 0 aliphatic carbocycles. The Kier molecular flexibility index (Phi) is 10.4. The molecule has 1 aromatic carbocycles. The van der Waals surface area contributed by atoms with E-state index in [1.807, 2.05) is 30.3 Å². The zero-order valence-electron chi connectivity index (χ0n) is 18.5. The summed E-state index contributed by atoms with van der Waals surface area (Å²) in [6.45, 7) is 4.02. The topological polar surface area (TPSA) is 111 Å². The third-order valence-electron chi connectivity index (χ3n) is 5.80. The zero-order valence-corrected chi connectivity index (χ0v) is 18.5. The molecule has 1 heterocycles. The molecular formula is C23H35N3O5. The molecule has 4 atom stereocenters. The van der Waals surface area contributed by atoms with E-state index in [-0.39, 0.29) is 18.9 Å². The maximum absolute atomic E-state index is 12.9. The molecule has 8 nitrogen and oxygen atoms in total. The Bertz CT molecular complexity index is 712. The van der Waals surface area contributed by atoms with Gasteiger partial charge in [-0.2, -0.15) is 0 Å². The summed E-state index contributed by atoms with van der Waals surface area (Å²) in [7, 11) is 0. The van der Waals surface area contributed by atoms with Crippen molar-refractivity contribution in [3.8, 4) is 0 Å². The number of benzene rings is 1. The maximum Gasteiger partial charge on any atom is 0.323 e. The maximum atomic E-state index is 12.9. The van der Waals surface area contributed by atoms with E-state index in [0.717, 1.165) is 24.8 Å². The predicted molar refractivity (Wildman–Crippen MR) is 118 cm³/mol. The summed E-state index contributed by atoms with van der Waals surface area (Å²) in [5, 5.41) is 17.8. The van der Waals surface area contributed by atoms with Gasteiger partial charge in [-0.25, -0.2) is 0 Å². The summed E-state index contributed by atoms with van der Waals surface area (Å²) in [6.07, 6.45) is 6.92. The number of nitro groups is 1. The fraction of sp³-hybridized carbons (Fsp3) is 0.652. The van der Waals surface area contributed by atoms with Gasteiger partial charge >= 0.3 is 5.97 Å². The predicted octanol–water partition coefficient (Wildman–Crippen LogP) is 3.19. The first-order chi connectivity index (χ1) is 14.9. The average molecular weight is 434 g/mol. The van der Waals surface area contributed by atoms with Gasteiger partial charge in [-0.05, 0) is 25.3 Å². The van der Waals surface area contributed by atoms with Crippen molar-refractivity contribution in [2.24, 2.45) is 0 Å². The third kappa shape index (κ3) is 7.94. The van der Waals surface area contributed by atoms with E-state index in [4.69, 9.17) is 4.74 Å². The molecule has 2 N–H and O–H groups in total. The summed E-state index contributed by atoms with van der Waals surface area (Å²) in [5.41, 5.74) is 0.755. The molecule has 1 saturated heterocycles. The highest BCUT2D eigenvalue weighted by Gasteiger charge is 2.40. The molecular weight excluding hydrogens is 398 g/mol. The molecule has 0 aromatic heterocycles. The van der Waals surface area contributed by atoms with Crippen LogP contribution in [-0.4, -0.2) is 48.1 Å². The Balaban J connectivity index is 2.10. The van der Waals surface area contributed by atoms with Crippen molar-refractivity contribution >= 4 is 11.9 Å². The number of cyclic esters (lactones) is 1. The quantitative estimate of drug-likeness (QED) is 0.254. The Morgan fingerprint density at radius 1 is 1.19 bits per heavy atom. The van der Waals surface area contributed by atoms with E-state index in [9.17, 15) is 19.7 Å². The lowest BCUT2D eigenvalue weighted by Crippen LogP contribution is -2.50. The lowest BCUT2D eigenvalue weighted by atomic mass is 9.86. The molecule has 0 saturated carbocycles. The second-order valence-corrected chi connectivity index (χ2v) is 8.24. The number of esters is 1. The zero-order chi connectivity index (χ0) is 22.6. The molecule has 1 aliphatic heterocycles. The van der Waals surface area contributed by atoms with Crippen LogP contribution in [0.25, 0.3) is 0 Å². The lowest BCUT2D eigenvalue weighted by Gasteiger charge is -2.25. The number of ether oxygens (including phenoxy) is 1. The van der Waals surface area contributed by atoms with Gasteiger partial charge in [0.25, 0.3) is 6.04 Å². The number of hydrogen-bond donors (Lipinski definition) is 2. The molecule has 1 unspecified atom stereocenters. The molecule has 1 fully saturated rings. The number of nitrogens with zero attached hydrogens (tertiary/aromatic N) is 1. The van der Waals surface area contributed by atoms with E-state index < -0.39 is 34.9 Å². The van der Waals surface area contributed by atoms with Gasteiger partial charge in [0.1, 0.15) is 6.04 Å². The van der Waals surface area contributed by atoms with Crippen LogP contribution >= 0.6 is 0 Å². The Labute approximate surface area is 184 Å². The Morgan fingerprint density at radius 3 is 2.55 bits per heavy atom. The smallest absolute Gasteiger partial charge is 0.323 e. The van der Waals surface area contributed by atoms with Gasteiger partial charge in [0, 0.05) is 11.5 Å². The molecule has 2 rings (SSSR count). The molecule has 0 bridgehead atoms. The van der Waals surface area contributed by atoms with Gasteiger partial charge in [0.05, 0.1) is 12.0 Å². The van der Waals surface area contributed by atoms with Crippen LogP contribution in [0.15, 0.2) is 30.3 Å². The summed E-state index contributed by atoms with van der Waals surface area (Å²) in [4.78, 5) is 36.5. The van der Waals surface area contributed by atoms with Crippen molar-refractivity contribution < 1.29 is 19.2 Å². The summed E-state index contributed by atoms with van der Waals surface area (Å²) in [6, 6.07) is 6.52. The lowest BCUT2D eigenvalue weighted by molar-refractivity contribution is -0.530. The van der Waals surface area contributed by atoms with E-state index >= 15 is 0 Å². The van der Waals surface area contributed by atoms with Crippen LogP contribution in [0.2, 0.25) is 0 Å². The van der Waals surface area contributed by atoms with Crippen LogP contribution in [-0.2, 0) is 14.3 Å². The van der Waals surface area contributed by atoms with Crippen LogP contribution < -0.4 is 10.6 Å². The highest BCUT2D eigenvalue weighted by atomic mass is 16.6. The number of rotatable bonds is 10. The van der Waals surface area contributed by atoms with E-state index in [0.29, 0.717) is 6.54 Å². The molecule has 1 aliphatic rings. The average Bonchev–Trinajstić information content (AvgIpc) is 2.82. The van der Waals surface area contributed by atoms with Gasteiger partial charge < -0.3 is 10.1 Å². The fourth-order valence-electron chi connectivity index (χ4n) is 3.95. The van der Waals surface area contributed by atoms with Gasteiger partial charge in [-0.15, -0.1) is 0 Å². The number of amides is 1. The van der Waals surface area contributed by atoms with Crippen molar-refractivity contribution in [3.63, 3.8) is 0 Å². The minimum Gasteiger partial charge on any atom is -0.457 e. The number of unbranched alkanes of at least 4 members (excludes halogenated alkanes) is 5. The molecule has 8 heteroatoms. The number of carbonyl (C=O) groups is 2. The van der Waals surface area contributed by atoms with Gasteiger partial charge in [0.15, 0.2) is 6.61 Å². The highest BCUT2D eigenvalue weighted by molar-refractivity contribution is 5.83. The Hall–Kier alpha value is -2.48. The van der Waals surface area contributed by atoms with Crippen LogP contribution in [0.5, 0.6) is 0 Å². The van der Waals surface area contributed by atoms with E-state index in [2.05, 4.69) is 17.6 Å². The van der Waals surface area contributed by atoms with Gasteiger partial charge in [0.2, 0.25) is 5.91 Å². The number of nitrogens with one attached hydrogen (secondary N) is 2. The largest absolute Gasteiger partial charge is 0.457 e. The molecule has 0 spiro atoms. The minimum absolute atomic E-state index is 0.207. The third-order valence-corrected chi connectivity index (χ3v) is 5.80. The van der Waals surface area contributed by atoms with Crippen molar-refractivity contribution in [3.05, 3.63) is 46.0 Å². The second-order valence-electron chi connectivity index (χ2n) is 8.24. The summed E-state index contributed by atoms with van der Waals surface area (Å²) in [5.74, 6) is -1.39. The van der Waals surface area contributed by atoms with Crippen LogP contribution in [0, 0.1) is 10.1 Å². The first-order valence-electron chi connectivity index (χ1n) is 11.3. The van der Waals surface area contributed by atoms with Crippen molar-refractivity contribution in [1.29, 1.82) is 0 Å². The fourth-order valence-corrected chi connectivity index (χ4v) is 3.95. The molecule has 0 radical (unpaired) electrons. The first-order valence-corrected chi connectivity index (χ1v) is 11.3. The van der Waals surface area contributed by atoms with Crippen LogP contribution in [0.3, 0.4) is 0 Å². The molecule has 1 amide bonds. The second kappa shape index (κ2) is 13.0. The van der Waals surface area contributed by atoms with Crippen molar-refractivity contribution in [2.75, 3.05) is 13.2 Å². The SMILES string of the molecule is CCCCCCCCNC(=O)C1C[C@@H](c2ccccc2)[C@H]([N+](=O)[O-])COC(=O)[C@H](C)N1. The highest BCUT2D eigenvalue weighted by Crippen LogP contribution is 2.28. The summed E-state index contributed by atoms with van der Waals surface area (Å²) < 4.78 is 5.20. The van der Waals surface area contributed by atoms with Crippen LogP contribution in [0.1, 0.15) is 70.3 Å². The van der Waals surface area contributed by atoms with Gasteiger partial charge in [-0.3, -0.25) is 25.0 Å².